The van der Waals surface area contributed by atoms with Crippen molar-refractivity contribution >= 4 is 15.9 Å². The third-order valence-electron chi connectivity index (χ3n) is 0.646. The highest BCUT2D eigenvalue weighted by Gasteiger charge is 2.31. The monoisotopic (exact) mass is 152 g/mol. The summed E-state index contributed by atoms with van der Waals surface area (Å²) in [6, 6.07) is 0. The highest BCUT2D eigenvalue weighted by atomic mass is 79.9. The maximum absolute atomic E-state index is 8.70. The van der Waals surface area contributed by atoms with E-state index < -0.39 is 4.51 Å². The predicted molar refractivity (Wildman–Crippen MR) is 24.7 cm³/mol. The van der Waals surface area contributed by atoms with Crippen LogP contribution in [0.1, 0.15) is 0 Å². The van der Waals surface area contributed by atoms with Gasteiger partial charge in [0, 0.05) is 0 Å². The highest BCUT2D eigenvalue weighted by molar-refractivity contribution is 9.10. The minimum absolute atomic E-state index is 0.424. The van der Waals surface area contributed by atoms with Crippen molar-refractivity contribution < 1.29 is 9.84 Å². The van der Waals surface area contributed by atoms with Crippen molar-refractivity contribution in [3.05, 3.63) is 0 Å². The molecule has 1 heterocycles. The van der Waals surface area contributed by atoms with Gasteiger partial charge in [-0.3, -0.25) is 0 Å². The Balaban J connectivity index is 2.31. The van der Waals surface area contributed by atoms with Crippen molar-refractivity contribution in [1.82, 2.24) is 0 Å². The van der Waals surface area contributed by atoms with Crippen LogP contribution in [-0.2, 0) is 4.74 Å². The Hall–Kier alpha value is 0.400. The van der Waals surface area contributed by atoms with Crippen LogP contribution in [0.4, 0.5) is 0 Å². The van der Waals surface area contributed by atoms with E-state index in [-0.39, 0.29) is 0 Å². The first-order chi connectivity index (χ1) is 2.71. The van der Waals surface area contributed by atoms with Crippen LogP contribution in [0.25, 0.3) is 0 Å². The number of aliphatic hydroxyl groups is 1. The van der Waals surface area contributed by atoms with Gasteiger partial charge < -0.3 is 9.84 Å². The van der Waals surface area contributed by atoms with Crippen LogP contribution in [0.15, 0.2) is 0 Å². The van der Waals surface area contributed by atoms with Gasteiger partial charge in [-0.1, -0.05) is 0 Å². The molecule has 6 heavy (non-hydrogen) atoms. The molecule has 0 bridgehead atoms. The maximum Gasteiger partial charge on any atom is 0.165 e. The summed E-state index contributed by atoms with van der Waals surface area (Å²) in [6.07, 6.45) is 0. The molecule has 0 aromatic rings. The fourth-order valence-corrected chi connectivity index (χ4v) is 0.594. The van der Waals surface area contributed by atoms with Gasteiger partial charge in [0.25, 0.3) is 0 Å². The summed E-state index contributed by atoms with van der Waals surface area (Å²) in [7, 11) is 0. The van der Waals surface area contributed by atoms with Crippen LogP contribution in [0.5, 0.6) is 0 Å². The second-order valence-electron chi connectivity index (χ2n) is 1.41. The molecule has 0 atom stereocenters. The quantitative estimate of drug-likeness (QED) is 0.500. The normalized spacial score (nSPS) is 29.0. The van der Waals surface area contributed by atoms with E-state index in [9.17, 15) is 0 Å². The molecule has 0 aromatic carbocycles. The second kappa shape index (κ2) is 1.18. The van der Waals surface area contributed by atoms with Gasteiger partial charge in [0.15, 0.2) is 4.51 Å². The standard InChI is InChI=1S/C3H5BrO2/c4-3(5)1-6-2-3/h5H,1-2H2. The summed E-state index contributed by atoms with van der Waals surface area (Å²) in [6.45, 7) is 0.847. The van der Waals surface area contributed by atoms with E-state index >= 15 is 0 Å². The third kappa shape index (κ3) is 0.721. The lowest BCUT2D eigenvalue weighted by atomic mass is 10.3. The topological polar surface area (TPSA) is 29.5 Å². The van der Waals surface area contributed by atoms with E-state index in [1.54, 1.807) is 0 Å². The zero-order chi connectivity index (χ0) is 4.62. The van der Waals surface area contributed by atoms with Crippen LogP contribution < -0.4 is 0 Å². The van der Waals surface area contributed by atoms with E-state index in [4.69, 9.17) is 5.11 Å². The van der Waals surface area contributed by atoms with Crippen LogP contribution in [-0.4, -0.2) is 22.8 Å². The Morgan fingerprint density at radius 2 is 2.00 bits per heavy atom. The molecule has 0 aromatic heterocycles. The Labute approximate surface area is 44.2 Å². The van der Waals surface area contributed by atoms with Crippen LogP contribution >= 0.6 is 15.9 Å². The number of ether oxygens (including phenoxy) is 1. The van der Waals surface area contributed by atoms with E-state index in [1.165, 1.54) is 0 Å². The molecule has 3 heteroatoms. The van der Waals surface area contributed by atoms with Crippen molar-refractivity contribution in [2.24, 2.45) is 0 Å². The minimum Gasteiger partial charge on any atom is -0.374 e. The van der Waals surface area contributed by atoms with Gasteiger partial charge in [-0.15, -0.1) is 0 Å². The lowest BCUT2D eigenvalue weighted by Gasteiger charge is -2.29. The molecule has 0 saturated carbocycles. The average molecular weight is 153 g/mol. The largest absolute Gasteiger partial charge is 0.374 e. The lowest BCUT2D eigenvalue weighted by molar-refractivity contribution is -0.113. The smallest absolute Gasteiger partial charge is 0.165 e. The molecule has 0 spiro atoms. The molecule has 0 aliphatic carbocycles. The predicted octanol–water partition coefficient (Wildman–Crippen LogP) is 0.100. The van der Waals surface area contributed by atoms with E-state index in [2.05, 4.69) is 20.7 Å². The van der Waals surface area contributed by atoms with Crippen LogP contribution in [0, 0.1) is 0 Å². The van der Waals surface area contributed by atoms with Gasteiger partial charge >= 0.3 is 0 Å². The summed E-state index contributed by atoms with van der Waals surface area (Å²) < 4.78 is 3.95. The van der Waals surface area contributed by atoms with Gasteiger partial charge in [0.05, 0.1) is 13.2 Å². The number of hydrogen-bond acceptors (Lipinski definition) is 2. The van der Waals surface area contributed by atoms with E-state index in [1.807, 2.05) is 0 Å². The Bertz CT molecular complexity index is 55.8. The fraction of sp³-hybridized carbons (Fsp3) is 1.00. The molecular formula is C3H5BrO2. The van der Waals surface area contributed by atoms with Gasteiger partial charge in [-0.25, -0.2) is 0 Å². The first-order valence-corrected chi connectivity index (χ1v) is 2.49. The summed E-state index contributed by atoms with van der Waals surface area (Å²) in [4.78, 5) is 0. The highest BCUT2D eigenvalue weighted by Crippen LogP contribution is 2.22. The van der Waals surface area contributed by atoms with E-state index in [0.717, 1.165) is 0 Å². The first kappa shape index (κ1) is 4.56. The number of halogens is 1. The summed E-state index contributed by atoms with van der Waals surface area (Å²) in [5, 5.41) is 8.70. The summed E-state index contributed by atoms with van der Waals surface area (Å²) in [5.74, 6) is 0. The Morgan fingerprint density at radius 3 is 2.00 bits per heavy atom. The molecule has 1 rings (SSSR count). The molecule has 1 fully saturated rings. The zero-order valence-electron chi connectivity index (χ0n) is 3.15. The molecule has 2 nitrogen and oxygen atoms in total. The second-order valence-corrected chi connectivity index (χ2v) is 2.89. The van der Waals surface area contributed by atoms with E-state index in [0.29, 0.717) is 13.2 Å². The molecular weight excluding hydrogens is 148 g/mol. The van der Waals surface area contributed by atoms with Gasteiger partial charge in [-0.05, 0) is 15.9 Å². The summed E-state index contributed by atoms with van der Waals surface area (Å²) >= 11 is 2.99. The van der Waals surface area contributed by atoms with Gasteiger partial charge in [-0.2, -0.15) is 0 Å². The number of alkyl halides is 1. The molecule has 1 N–H and O–H groups in total. The van der Waals surface area contributed by atoms with Crippen LogP contribution in [0.2, 0.25) is 0 Å². The lowest BCUT2D eigenvalue weighted by Crippen LogP contribution is -2.43. The molecule has 0 radical (unpaired) electrons. The first-order valence-electron chi connectivity index (χ1n) is 1.70. The zero-order valence-corrected chi connectivity index (χ0v) is 4.73. The molecule has 0 unspecified atom stereocenters. The van der Waals surface area contributed by atoms with Gasteiger partial charge in [0.2, 0.25) is 0 Å². The molecule has 36 valence electrons. The van der Waals surface area contributed by atoms with Crippen molar-refractivity contribution in [3.63, 3.8) is 0 Å². The Kier molecular flexibility index (Phi) is 0.898. The SMILES string of the molecule is OC1(Br)COC1. The van der Waals surface area contributed by atoms with Crippen LogP contribution in [0.3, 0.4) is 0 Å². The number of hydrogen-bond donors (Lipinski definition) is 1. The minimum atomic E-state index is -0.688. The van der Waals surface area contributed by atoms with Crippen molar-refractivity contribution in [2.75, 3.05) is 13.2 Å². The Morgan fingerprint density at radius 1 is 1.67 bits per heavy atom. The fourth-order valence-electron chi connectivity index (χ4n) is 0.271. The maximum atomic E-state index is 8.70. The van der Waals surface area contributed by atoms with Crippen molar-refractivity contribution in [3.8, 4) is 0 Å². The summed E-state index contributed by atoms with van der Waals surface area (Å²) in [5.41, 5.74) is 0. The molecule has 1 saturated heterocycles. The molecule has 1 aliphatic rings. The van der Waals surface area contributed by atoms with Crippen molar-refractivity contribution in [2.45, 2.75) is 4.51 Å². The number of rotatable bonds is 0. The third-order valence-corrected chi connectivity index (χ3v) is 1.10. The molecule has 0 amide bonds. The van der Waals surface area contributed by atoms with Crippen molar-refractivity contribution in [1.29, 1.82) is 0 Å². The van der Waals surface area contributed by atoms with Gasteiger partial charge in [0.1, 0.15) is 0 Å². The molecule has 1 aliphatic heterocycles. The average Bonchev–Trinajstić information content (AvgIpc) is 1.32.